The van der Waals surface area contributed by atoms with Gasteiger partial charge < -0.3 is 24.3 Å². The van der Waals surface area contributed by atoms with Gasteiger partial charge in [0.05, 0.1) is 0 Å². The Balaban J connectivity index is 0.00000132. The predicted molar refractivity (Wildman–Crippen MR) is 115 cm³/mol. The molecule has 1 atom stereocenters. The zero-order valence-corrected chi connectivity index (χ0v) is 18.9. The normalized spacial score (nSPS) is 11.1. The Hall–Kier alpha value is -1.76. The van der Waals surface area contributed by atoms with Gasteiger partial charge in [-0.05, 0) is 68.3 Å². The molecule has 29 heavy (non-hydrogen) atoms. The fourth-order valence-corrected chi connectivity index (χ4v) is 2.88. The van der Waals surface area contributed by atoms with E-state index < -0.39 is 26.6 Å². The highest BCUT2D eigenvalue weighted by molar-refractivity contribution is 7.25. The van der Waals surface area contributed by atoms with Gasteiger partial charge in [-0.15, -0.1) is 0 Å². The van der Waals surface area contributed by atoms with Crippen molar-refractivity contribution in [2.24, 2.45) is 0 Å². The van der Waals surface area contributed by atoms with E-state index in [9.17, 15) is 9.36 Å². The summed E-state index contributed by atoms with van der Waals surface area (Å²) < 4.78 is 23.5. The summed E-state index contributed by atoms with van der Waals surface area (Å²) in [6.45, 7) is 5.00. The van der Waals surface area contributed by atoms with Crippen LogP contribution in [0.4, 0.5) is 0 Å². The smallest absolute Gasteiger partial charge is 0.361 e. The van der Waals surface area contributed by atoms with Crippen LogP contribution in [-0.2, 0) is 9.36 Å². The van der Waals surface area contributed by atoms with Gasteiger partial charge in [0.25, 0.3) is 0 Å². The SMILES string of the molecule is CCO.Cc1cc(OC(NCC(=O)O)(Oc2ccc(Cl)c(C)c2)[PH2]=O)ccc1Cl. The van der Waals surface area contributed by atoms with Crippen LogP contribution in [-0.4, -0.2) is 35.0 Å². The Kier molecular flexibility index (Phi) is 10.5. The Bertz CT molecular complexity index is 796. The van der Waals surface area contributed by atoms with Crippen molar-refractivity contribution in [3.63, 3.8) is 0 Å². The number of hydrogen-bond donors (Lipinski definition) is 3. The summed E-state index contributed by atoms with van der Waals surface area (Å²) in [5.74, 6) is -0.480. The van der Waals surface area contributed by atoms with Crippen LogP contribution in [0.25, 0.3) is 0 Å². The van der Waals surface area contributed by atoms with Crippen LogP contribution in [0.1, 0.15) is 18.1 Å². The molecule has 3 N–H and O–H groups in total. The molecule has 0 fully saturated rings. The number of aliphatic hydroxyl groups is 1. The molecule has 0 aliphatic carbocycles. The second-order valence-electron chi connectivity index (χ2n) is 5.87. The molecule has 0 saturated heterocycles. The van der Waals surface area contributed by atoms with E-state index >= 15 is 0 Å². The van der Waals surface area contributed by atoms with Crippen LogP contribution in [0.15, 0.2) is 36.4 Å². The molecule has 2 aromatic rings. The van der Waals surface area contributed by atoms with Gasteiger partial charge >= 0.3 is 11.6 Å². The summed E-state index contributed by atoms with van der Waals surface area (Å²) in [4.78, 5) is 11.0. The molecule has 0 spiro atoms. The quantitative estimate of drug-likeness (QED) is 0.399. The van der Waals surface area contributed by atoms with Crippen LogP contribution in [0.2, 0.25) is 10.0 Å². The number of carboxylic acid groups (broad SMARTS) is 1. The summed E-state index contributed by atoms with van der Waals surface area (Å²) >= 11 is 12.0. The summed E-state index contributed by atoms with van der Waals surface area (Å²) in [6, 6.07) is 9.70. The molecule has 10 heteroatoms. The largest absolute Gasteiger partial charge is 0.480 e. The van der Waals surface area contributed by atoms with Crippen LogP contribution in [0.5, 0.6) is 11.5 Å². The minimum absolute atomic E-state index is 0.250. The fourth-order valence-electron chi connectivity index (χ4n) is 2.09. The van der Waals surface area contributed by atoms with Gasteiger partial charge in [0, 0.05) is 16.7 Å². The van der Waals surface area contributed by atoms with Crippen LogP contribution in [0.3, 0.4) is 0 Å². The number of carbonyl (C=O) groups is 1. The minimum Gasteiger partial charge on any atom is -0.480 e. The molecule has 0 bridgehead atoms. The number of aliphatic carboxylic acids is 1. The Morgan fingerprint density at radius 2 is 1.48 bits per heavy atom. The molecule has 2 rings (SSSR count). The van der Waals surface area contributed by atoms with Crippen LogP contribution >= 0.6 is 31.7 Å². The van der Waals surface area contributed by atoms with Crippen molar-refractivity contribution in [2.75, 3.05) is 13.2 Å². The zero-order valence-electron chi connectivity index (χ0n) is 16.2. The van der Waals surface area contributed by atoms with E-state index in [1.165, 1.54) is 0 Å². The topological polar surface area (TPSA) is 105 Å². The highest BCUT2D eigenvalue weighted by Crippen LogP contribution is 2.32. The van der Waals surface area contributed by atoms with Gasteiger partial charge in [-0.2, -0.15) is 0 Å². The van der Waals surface area contributed by atoms with Crippen molar-refractivity contribution < 1.29 is 29.0 Å². The second-order valence-corrected chi connectivity index (χ2v) is 7.69. The van der Waals surface area contributed by atoms with E-state index in [-0.39, 0.29) is 6.61 Å². The molecule has 0 aromatic heterocycles. The number of aryl methyl sites for hydroxylation is 2. The number of halogens is 2. The fraction of sp³-hybridized carbons (Fsp3) is 0.316. The van der Waals surface area contributed by atoms with E-state index in [0.717, 1.165) is 11.1 Å². The maximum atomic E-state index is 12.0. The van der Waals surface area contributed by atoms with Gasteiger partial charge in [-0.3, -0.25) is 4.79 Å². The van der Waals surface area contributed by atoms with Crippen molar-refractivity contribution in [3.05, 3.63) is 57.6 Å². The molecule has 0 heterocycles. The van der Waals surface area contributed by atoms with Crippen LogP contribution < -0.4 is 14.8 Å². The van der Waals surface area contributed by atoms with E-state index in [1.807, 2.05) is 0 Å². The third-order valence-corrected chi connectivity index (χ3v) is 5.04. The maximum absolute atomic E-state index is 12.0. The lowest BCUT2D eigenvalue weighted by Gasteiger charge is -2.30. The maximum Gasteiger partial charge on any atom is 0.361 e. The standard InChI is InChI=1S/C17H18Cl2NO5P.C2H6O/c1-10-7-12(3-5-14(10)18)24-17(26-23,20-9-16(21)22)25-13-4-6-15(19)11(2)8-13;1-2-3/h3-8,20H,9,26H2,1-2H3,(H,21,22);3H,2H2,1H3. The lowest BCUT2D eigenvalue weighted by Crippen LogP contribution is -2.52. The number of carboxylic acids is 1. The molecule has 0 radical (unpaired) electrons. The molecule has 2 aromatic carbocycles. The van der Waals surface area contributed by atoms with Crippen molar-refractivity contribution >= 4 is 37.6 Å². The van der Waals surface area contributed by atoms with Crippen molar-refractivity contribution in [2.45, 2.75) is 26.4 Å². The molecule has 0 aliphatic rings. The lowest BCUT2D eigenvalue weighted by molar-refractivity contribution is -0.139. The summed E-state index contributed by atoms with van der Waals surface area (Å²) in [6.07, 6.45) is 0. The van der Waals surface area contributed by atoms with E-state index in [1.54, 1.807) is 57.2 Å². The number of aliphatic hydroxyl groups excluding tert-OH is 1. The Labute approximate surface area is 180 Å². The van der Waals surface area contributed by atoms with Crippen LogP contribution in [0, 0.1) is 13.8 Å². The average Bonchev–Trinajstić information content (AvgIpc) is 2.66. The first-order valence-corrected chi connectivity index (χ1v) is 10.4. The molecule has 0 saturated carbocycles. The van der Waals surface area contributed by atoms with E-state index in [2.05, 4.69) is 5.32 Å². The van der Waals surface area contributed by atoms with Gasteiger partial charge in [0.15, 0.2) is 8.46 Å². The highest BCUT2D eigenvalue weighted by atomic mass is 35.5. The van der Waals surface area contributed by atoms with Gasteiger partial charge in [0.2, 0.25) is 0 Å². The molecular weight excluding hydrogens is 440 g/mol. The monoisotopic (exact) mass is 463 g/mol. The molecule has 0 aliphatic heterocycles. The van der Waals surface area contributed by atoms with Crippen molar-refractivity contribution in [1.29, 1.82) is 0 Å². The molecule has 0 amide bonds. The van der Waals surface area contributed by atoms with Crippen molar-refractivity contribution in [1.82, 2.24) is 5.32 Å². The summed E-state index contributed by atoms with van der Waals surface area (Å²) in [5, 5.41) is 20.2. The molecule has 160 valence electrons. The molecule has 1 unspecified atom stereocenters. The Morgan fingerprint density at radius 1 is 1.07 bits per heavy atom. The van der Waals surface area contributed by atoms with Gasteiger partial charge in [0.1, 0.15) is 18.0 Å². The highest BCUT2D eigenvalue weighted by Gasteiger charge is 2.35. The zero-order chi connectivity index (χ0) is 22.0. The predicted octanol–water partition coefficient (Wildman–Crippen LogP) is 4.11. The minimum atomic E-state index is -1.83. The molecular formula is C19H24Cl2NO6P. The number of hydrogen-bond acceptors (Lipinski definition) is 6. The number of nitrogens with one attached hydrogen (secondary N) is 1. The van der Waals surface area contributed by atoms with Gasteiger partial charge in [-0.1, -0.05) is 23.2 Å². The second kappa shape index (κ2) is 12.1. The molecule has 7 nitrogen and oxygen atoms in total. The summed E-state index contributed by atoms with van der Waals surface area (Å²) in [7, 11) is -1.73. The lowest BCUT2D eigenvalue weighted by atomic mass is 10.2. The first kappa shape index (κ1) is 25.3. The third kappa shape index (κ3) is 8.25. The number of rotatable bonds is 8. The Morgan fingerprint density at radius 3 is 1.79 bits per heavy atom. The third-order valence-electron chi connectivity index (χ3n) is 3.44. The van der Waals surface area contributed by atoms with E-state index in [0.29, 0.717) is 21.5 Å². The van der Waals surface area contributed by atoms with Crippen molar-refractivity contribution in [3.8, 4) is 11.5 Å². The first-order valence-electron chi connectivity index (χ1n) is 8.60. The number of benzene rings is 2. The first-order chi connectivity index (χ1) is 13.7. The van der Waals surface area contributed by atoms with E-state index in [4.69, 9.17) is 42.9 Å². The number of ether oxygens (including phenoxy) is 2. The van der Waals surface area contributed by atoms with Gasteiger partial charge in [-0.25, -0.2) is 5.32 Å². The average molecular weight is 464 g/mol. The summed E-state index contributed by atoms with van der Waals surface area (Å²) in [5.41, 5.74) is -0.335.